The minimum Gasteiger partial charge on any atom is -0.290 e. The molecule has 0 unspecified atom stereocenters. The molecule has 42 heavy (non-hydrogen) atoms. The first kappa shape index (κ1) is 27.6. The first-order chi connectivity index (χ1) is 20.3. The van der Waals surface area contributed by atoms with Crippen molar-refractivity contribution >= 4 is 23.2 Å². The summed E-state index contributed by atoms with van der Waals surface area (Å²) in [5.74, 6) is 0. The van der Waals surface area contributed by atoms with Crippen molar-refractivity contribution in [3.05, 3.63) is 151 Å². The Morgan fingerprint density at radius 1 is 0.595 bits per heavy atom. The van der Waals surface area contributed by atoms with Crippen LogP contribution in [-0.4, -0.2) is 19.6 Å². The Bertz CT molecular complexity index is 1860. The van der Waals surface area contributed by atoms with Crippen LogP contribution in [-0.2, 0) is 5.41 Å². The van der Waals surface area contributed by atoms with Crippen LogP contribution in [0.2, 0.25) is 10.0 Å². The minimum absolute atomic E-state index is 0.282. The average molecular weight is 596 g/mol. The van der Waals surface area contributed by atoms with Crippen molar-refractivity contribution in [2.24, 2.45) is 0 Å². The molecule has 6 rings (SSSR count). The molecule has 6 aromatic rings. The summed E-state index contributed by atoms with van der Waals surface area (Å²) in [6.07, 6.45) is 0.456. The molecule has 0 spiro atoms. The van der Waals surface area contributed by atoms with Crippen LogP contribution >= 0.6 is 23.2 Å². The Labute approximate surface area is 252 Å². The fourth-order valence-corrected chi connectivity index (χ4v) is 6.05. The molecule has 210 valence electrons. The summed E-state index contributed by atoms with van der Waals surface area (Å²) in [5.41, 5.74) is 3.26. The van der Waals surface area contributed by atoms with Crippen molar-refractivity contribution in [2.75, 3.05) is 0 Å². The molecule has 0 amide bonds. The van der Waals surface area contributed by atoms with Crippen molar-refractivity contribution in [1.82, 2.24) is 19.6 Å². The lowest BCUT2D eigenvalue weighted by atomic mass is 9.72. The Morgan fingerprint density at radius 3 is 1.31 bits per heavy atom. The van der Waals surface area contributed by atoms with Gasteiger partial charge >= 0.3 is 0 Å². The molecule has 0 saturated carbocycles. The molecule has 0 saturated heterocycles. The highest BCUT2D eigenvalue weighted by Crippen LogP contribution is 2.41. The van der Waals surface area contributed by atoms with Gasteiger partial charge in [-0.2, -0.15) is 0 Å². The number of halogens is 2. The minimum atomic E-state index is -1.03. The van der Waals surface area contributed by atoms with Crippen LogP contribution in [0.25, 0.3) is 33.9 Å². The van der Waals surface area contributed by atoms with E-state index >= 15 is 0 Å². The number of rotatable bonds is 7. The van der Waals surface area contributed by atoms with Crippen LogP contribution in [0.4, 0.5) is 0 Å². The first-order valence-corrected chi connectivity index (χ1v) is 14.4. The Morgan fingerprint density at radius 2 is 0.952 bits per heavy atom. The van der Waals surface area contributed by atoms with Gasteiger partial charge in [0.2, 0.25) is 0 Å². The first-order valence-electron chi connectivity index (χ1n) is 13.7. The maximum atomic E-state index is 14.5. The summed E-state index contributed by atoms with van der Waals surface area (Å²) in [4.78, 5) is 29.0. The van der Waals surface area contributed by atoms with Crippen molar-refractivity contribution in [1.29, 1.82) is 0 Å². The van der Waals surface area contributed by atoms with E-state index < -0.39 is 5.41 Å². The molecular weight excluding hydrogens is 567 g/mol. The smallest absolute Gasteiger partial charge is 0.276 e. The van der Waals surface area contributed by atoms with Gasteiger partial charge in [-0.25, -0.2) is 9.36 Å². The molecule has 0 bridgehead atoms. The third kappa shape index (κ3) is 4.53. The second-order valence-electron chi connectivity index (χ2n) is 10.3. The second kappa shape index (κ2) is 11.0. The molecule has 0 fully saturated rings. The topological polar surface area (TPSA) is 75.6 Å². The highest BCUT2D eigenvalue weighted by Gasteiger charge is 2.41. The van der Waals surface area contributed by atoms with Gasteiger partial charge < -0.3 is 0 Å². The molecule has 0 aliphatic rings. The molecule has 2 aromatic heterocycles. The molecule has 0 aliphatic carbocycles. The maximum Gasteiger partial charge on any atom is 0.276 e. The van der Waals surface area contributed by atoms with Crippen LogP contribution in [0.1, 0.15) is 31.4 Å². The fourth-order valence-electron chi connectivity index (χ4n) is 5.61. The zero-order chi connectivity index (χ0) is 29.4. The molecule has 2 N–H and O–H groups in total. The van der Waals surface area contributed by atoms with E-state index in [2.05, 4.69) is 10.2 Å². The molecule has 2 heterocycles. The second-order valence-corrected chi connectivity index (χ2v) is 11.1. The van der Waals surface area contributed by atoms with E-state index in [1.165, 1.54) is 9.36 Å². The lowest BCUT2D eigenvalue weighted by Crippen LogP contribution is -2.36. The molecule has 6 nitrogen and oxygen atoms in total. The van der Waals surface area contributed by atoms with Crippen molar-refractivity contribution in [2.45, 2.75) is 25.7 Å². The summed E-state index contributed by atoms with van der Waals surface area (Å²) >= 11 is 13.1. The number of hydrogen-bond acceptors (Lipinski definition) is 2. The highest BCUT2D eigenvalue weighted by molar-refractivity contribution is 6.32. The number of hydrogen-bond donors (Lipinski definition) is 2. The van der Waals surface area contributed by atoms with E-state index in [0.717, 1.165) is 11.1 Å². The monoisotopic (exact) mass is 594 g/mol. The van der Waals surface area contributed by atoms with Gasteiger partial charge in [0, 0.05) is 5.41 Å². The molecule has 8 heteroatoms. The summed E-state index contributed by atoms with van der Waals surface area (Å²) in [5, 5.41) is 7.54. The Balaban J connectivity index is 1.71. The van der Waals surface area contributed by atoms with Crippen LogP contribution in [0.3, 0.4) is 0 Å². The quantitative estimate of drug-likeness (QED) is 0.196. The van der Waals surface area contributed by atoms with Crippen molar-refractivity contribution < 1.29 is 0 Å². The van der Waals surface area contributed by atoms with Gasteiger partial charge in [-0.05, 0) is 41.8 Å². The lowest BCUT2D eigenvalue weighted by molar-refractivity contribution is 0.543. The largest absolute Gasteiger partial charge is 0.290 e. The number of aromatic amines is 2. The van der Waals surface area contributed by atoms with E-state index in [0.29, 0.717) is 50.4 Å². The van der Waals surface area contributed by atoms with Crippen LogP contribution in [0.15, 0.2) is 119 Å². The molecule has 0 radical (unpaired) electrons. The predicted octanol–water partition coefficient (Wildman–Crippen LogP) is 8.00. The highest BCUT2D eigenvalue weighted by atomic mass is 35.5. The number of nitrogens with zero attached hydrogens (tertiary/aromatic N) is 2. The molecule has 0 aliphatic heterocycles. The van der Waals surface area contributed by atoms with Gasteiger partial charge in [0.05, 0.1) is 43.9 Å². The average Bonchev–Trinajstić information content (AvgIpc) is 3.56. The van der Waals surface area contributed by atoms with E-state index in [1.54, 1.807) is 24.3 Å². The van der Waals surface area contributed by atoms with Crippen LogP contribution in [0, 0.1) is 0 Å². The number of benzene rings is 4. The van der Waals surface area contributed by atoms with Gasteiger partial charge in [-0.1, -0.05) is 122 Å². The Hall–Kier alpha value is -4.52. The summed E-state index contributed by atoms with van der Waals surface area (Å²) in [6.45, 7) is 3.94. The lowest BCUT2D eigenvalue weighted by Gasteiger charge is -2.27. The standard InChI is InChI=1S/C34H28Cl2N4O2/c1-3-34(2,28-30(22-14-6-4-7-15-22)37-39(32(28)41)26-20-12-10-18-24(26)35)29-31(23-16-8-5-9-17-23)38-40(33(29)42)27-21-13-11-19-25(27)36/h4-21,37-38H,3H2,1-2H3. The van der Waals surface area contributed by atoms with E-state index in [1.807, 2.05) is 98.8 Å². The van der Waals surface area contributed by atoms with E-state index in [4.69, 9.17) is 23.2 Å². The SMILES string of the molecule is CCC(C)(c1c(-c2ccccc2)[nH]n(-c2ccccc2Cl)c1=O)c1c(-c2ccccc2)[nH]n(-c2ccccc2Cl)c1=O. The van der Waals surface area contributed by atoms with Crippen LogP contribution in [0.5, 0.6) is 0 Å². The summed E-state index contributed by atoms with van der Waals surface area (Å²) < 4.78 is 2.94. The molecule has 0 atom stereocenters. The number of H-pyrrole nitrogens is 2. The zero-order valence-electron chi connectivity index (χ0n) is 23.1. The number of nitrogens with one attached hydrogen (secondary N) is 2. The van der Waals surface area contributed by atoms with Crippen LogP contribution < -0.4 is 11.1 Å². The normalized spacial score (nSPS) is 11.6. The van der Waals surface area contributed by atoms with Gasteiger partial charge in [-0.15, -0.1) is 0 Å². The number of aromatic nitrogens is 4. The predicted molar refractivity (Wildman–Crippen MR) is 170 cm³/mol. The summed E-state index contributed by atoms with van der Waals surface area (Å²) in [7, 11) is 0. The van der Waals surface area contributed by atoms with Gasteiger partial charge in [0.1, 0.15) is 0 Å². The van der Waals surface area contributed by atoms with E-state index in [-0.39, 0.29) is 11.1 Å². The van der Waals surface area contributed by atoms with E-state index in [9.17, 15) is 9.59 Å². The fraction of sp³-hybridized carbons (Fsp3) is 0.118. The summed E-state index contributed by atoms with van der Waals surface area (Å²) in [6, 6.07) is 33.7. The third-order valence-corrected chi connectivity index (χ3v) is 8.54. The maximum absolute atomic E-state index is 14.5. The van der Waals surface area contributed by atoms with Gasteiger partial charge in [0.15, 0.2) is 0 Å². The third-order valence-electron chi connectivity index (χ3n) is 7.90. The van der Waals surface area contributed by atoms with Gasteiger partial charge in [-0.3, -0.25) is 19.8 Å². The zero-order valence-corrected chi connectivity index (χ0v) is 24.6. The van der Waals surface area contributed by atoms with Crippen molar-refractivity contribution in [3.63, 3.8) is 0 Å². The molecular formula is C34H28Cl2N4O2. The molecule has 4 aromatic carbocycles. The Kier molecular flexibility index (Phi) is 7.27. The van der Waals surface area contributed by atoms with Gasteiger partial charge in [0.25, 0.3) is 11.1 Å². The van der Waals surface area contributed by atoms with Crippen molar-refractivity contribution in [3.8, 4) is 33.9 Å². The number of para-hydroxylation sites is 2.